The number of hydrogen-bond donors (Lipinski definition) is 1. The van der Waals surface area contributed by atoms with Crippen molar-refractivity contribution in [1.82, 2.24) is 0 Å². The van der Waals surface area contributed by atoms with Gasteiger partial charge in [0.25, 0.3) is 0 Å². The molecule has 0 saturated heterocycles. The summed E-state index contributed by atoms with van der Waals surface area (Å²) in [5.41, 5.74) is 9.31. The summed E-state index contributed by atoms with van der Waals surface area (Å²) in [4.78, 5) is 14.7. The molecule has 2 N–H and O–H groups in total. The van der Waals surface area contributed by atoms with Crippen LogP contribution in [0.4, 0.5) is 11.4 Å². The highest BCUT2D eigenvalue weighted by atomic mass is 16.2. The molecule has 0 bridgehead atoms. The van der Waals surface area contributed by atoms with E-state index in [9.17, 15) is 4.79 Å². The number of nitrogen functional groups attached to an aromatic ring is 1. The molecule has 1 amide bonds. The Kier molecular flexibility index (Phi) is 3.20. The van der Waals surface area contributed by atoms with Crippen LogP contribution in [0, 0.1) is 6.92 Å². The Balaban J connectivity index is 1.87. The van der Waals surface area contributed by atoms with E-state index >= 15 is 0 Å². The second-order valence-electron chi connectivity index (χ2n) is 5.90. The molecule has 108 valence electrons. The Morgan fingerprint density at radius 1 is 1.05 bits per heavy atom. The van der Waals surface area contributed by atoms with E-state index in [1.807, 2.05) is 62.5 Å². The Bertz CT molecular complexity index is 655. The first-order valence-corrected chi connectivity index (χ1v) is 7.24. The third-order valence-corrected chi connectivity index (χ3v) is 4.35. The summed E-state index contributed by atoms with van der Waals surface area (Å²) in [6.45, 7) is 2.04. The molecular formula is C18H20N2O. The van der Waals surface area contributed by atoms with Gasteiger partial charge in [0.15, 0.2) is 0 Å². The molecule has 0 spiro atoms. The maximum absolute atomic E-state index is 12.9. The lowest BCUT2D eigenvalue weighted by Crippen LogP contribution is -2.36. The Morgan fingerprint density at radius 2 is 1.62 bits per heavy atom. The molecule has 0 heterocycles. The summed E-state index contributed by atoms with van der Waals surface area (Å²) in [6.07, 6.45) is 1.82. The fourth-order valence-electron chi connectivity index (χ4n) is 2.76. The van der Waals surface area contributed by atoms with E-state index < -0.39 is 0 Å². The summed E-state index contributed by atoms with van der Waals surface area (Å²) in [7, 11) is 1.85. The summed E-state index contributed by atoms with van der Waals surface area (Å²) < 4.78 is 0. The Hall–Kier alpha value is -2.29. The third kappa shape index (κ3) is 2.40. The first kappa shape index (κ1) is 13.7. The summed E-state index contributed by atoms with van der Waals surface area (Å²) >= 11 is 0. The first-order valence-electron chi connectivity index (χ1n) is 7.24. The minimum Gasteiger partial charge on any atom is -0.399 e. The van der Waals surface area contributed by atoms with Crippen LogP contribution >= 0.6 is 0 Å². The highest BCUT2D eigenvalue weighted by molar-refractivity contribution is 6.02. The standard InChI is InChI=1S/C18H20N2O/c1-13-3-9-16(10-4-13)20(2)17(21)18(11-12-18)14-5-7-15(19)8-6-14/h3-10H,11-12,19H2,1-2H3. The van der Waals surface area contributed by atoms with Gasteiger partial charge < -0.3 is 10.6 Å². The highest BCUT2D eigenvalue weighted by Crippen LogP contribution is 2.50. The minimum atomic E-state index is -0.354. The number of carbonyl (C=O) groups excluding carboxylic acids is 1. The van der Waals surface area contributed by atoms with Crippen molar-refractivity contribution < 1.29 is 4.79 Å². The number of amides is 1. The number of aryl methyl sites for hydroxylation is 1. The van der Waals surface area contributed by atoms with Crippen LogP contribution in [-0.2, 0) is 10.2 Å². The molecule has 1 aliphatic rings. The van der Waals surface area contributed by atoms with Gasteiger partial charge in [0.1, 0.15) is 0 Å². The van der Waals surface area contributed by atoms with Gasteiger partial charge in [-0.2, -0.15) is 0 Å². The van der Waals surface area contributed by atoms with Crippen molar-refractivity contribution in [3.05, 3.63) is 59.7 Å². The van der Waals surface area contributed by atoms with Crippen molar-refractivity contribution in [2.24, 2.45) is 0 Å². The molecule has 2 aromatic carbocycles. The van der Waals surface area contributed by atoms with Crippen LogP contribution in [0.1, 0.15) is 24.0 Å². The molecule has 3 rings (SSSR count). The molecule has 3 nitrogen and oxygen atoms in total. The largest absolute Gasteiger partial charge is 0.399 e. The van der Waals surface area contributed by atoms with Gasteiger partial charge in [-0.3, -0.25) is 4.79 Å². The summed E-state index contributed by atoms with van der Waals surface area (Å²) in [5.74, 6) is 0.163. The lowest BCUT2D eigenvalue weighted by atomic mass is 9.94. The van der Waals surface area contributed by atoms with Crippen molar-refractivity contribution in [1.29, 1.82) is 0 Å². The normalized spacial score (nSPS) is 15.5. The maximum atomic E-state index is 12.9. The van der Waals surface area contributed by atoms with Crippen LogP contribution in [0.25, 0.3) is 0 Å². The summed E-state index contributed by atoms with van der Waals surface area (Å²) in [6, 6.07) is 15.7. The zero-order chi connectivity index (χ0) is 15.0. The molecule has 0 radical (unpaired) electrons. The van der Waals surface area contributed by atoms with Crippen LogP contribution in [0.3, 0.4) is 0 Å². The minimum absolute atomic E-state index is 0.163. The van der Waals surface area contributed by atoms with Crippen molar-refractivity contribution >= 4 is 17.3 Å². The fraction of sp³-hybridized carbons (Fsp3) is 0.278. The zero-order valence-electron chi connectivity index (χ0n) is 12.5. The number of rotatable bonds is 3. The third-order valence-electron chi connectivity index (χ3n) is 4.35. The predicted molar refractivity (Wildman–Crippen MR) is 86.4 cm³/mol. The smallest absolute Gasteiger partial charge is 0.237 e. The van der Waals surface area contributed by atoms with Crippen LogP contribution in [0.15, 0.2) is 48.5 Å². The van der Waals surface area contributed by atoms with Gasteiger partial charge >= 0.3 is 0 Å². The number of anilines is 2. The van der Waals surface area contributed by atoms with Crippen LogP contribution < -0.4 is 10.6 Å². The number of likely N-dealkylation sites (N-methyl/N-ethyl adjacent to an activating group) is 1. The molecule has 3 heteroatoms. The van der Waals surface area contributed by atoms with Crippen LogP contribution in [0.5, 0.6) is 0 Å². The van der Waals surface area contributed by atoms with E-state index in [0.717, 1.165) is 29.8 Å². The first-order chi connectivity index (χ1) is 10.0. The van der Waals surface area contributed by atoms with Crippen molar-refractivity contribution in [3.8, 4) is 0 Å². The predicted octanol–water partition coefficient (Wildman–Crippen LogP) is 3.27. The molecule has 1 saturated carbocycles. The average Bonchev–Trinajstić information content (AvgIpc) is 3.29. The van der Waals surface area contributed by atoms with Crippen molar-refractivity contribution in [2.45, 2.75) is 25.2 Å². The van der Waals surface area contributed by atoms with Gasteiger partial charge in [-0.15, -0.1) is 0 Å². The van der Waals surface area contributed by atoms with Gasteiger partial charge in [0.05, 0.1) is 5.41 Å². The molecule has 0 aromatic heterocycles. The number of benzene rings is 2. The Labute approximate surface area is 125 Å². The number of hydrogen-bond acceptors (Lipinski definition) is 2. The number of nitrogens with two attached hydrogens (primary N) is 1. The topological polar surface area (TPSA) is 46.3 Å². The van der Waals surface area contributed by atoms with E-state index in [4.69, 9.17) is 5.73 Å². The van der Waals surface area contributed by atoms with Crippen molar-refractivity contribution in [2.75, 3.05) is 17.7 Å². The van der Waals surface area contributed by atoms with Gasteiger partial charge in [-0.05, 0) is 49.6 Å². The van der Waals surface area contributed by atoms with E-state index in [2.05, 4.69) is 0 Å². The average molecular weight is 280 g/mol. The molecule has 1 fully saturated rings. The van der Waals surface area contributed by atoms with Gasteiger partial charge in [-0.1, -0.05) is 29.8 Å². The molecule has 2 aromatic rings. The molecule has 1 aliphatic carbocycles. The number of nitrogens with zero attached hydrogens (tertiary/aromatic N) is 1. The lowest BCUT2D eigenvalue weighted by molar-refractivity contribution is -0.120. The fourth-order valence-corrected chi connectivity index (χ4v) is 2.76. The molecule has 0 atom stereocenters. The van der Waals surface area contributed by atoms with E-state index in [0.29, 0.717) is 0 Å². The zero-order valence-corrected chi connectivity index (χ0v) is 12.5. The molecular weight excluding hydrogens is 260 g/mol. The van der Waals surface area contributed by atoms with E-state index in [1.54, 1.807) is 4.90 Å². The van der Waals surface area contributed by atoms with Crippen LogP contribution in [-0.4, -0.2) is 13.0 Å². The second-order valence-corrected chi connectivity index (χ2v) is 5.90. The van der Waals surface area contributed by atoms with Gasteiger partial charge in [0.2, 0.25) is 5.91 Å². The highest BCUT2D eigenvalue weighted by Gasteiger charge is 2.52. The van der Waals surface area contributed by atoms with Gasteiger partial charge in [-0.25, -0.2) is 0 Å². The van der Waals surface area contributed by atoms with Gasteiger partial charge in [0, 0.05) is 18.4 Å². The molecule has 0 unspecified atom stereocenters. The molecule has 0 aliphatic heterocycles. The number of carbonyl (C=O) groups is 1. The van der Waals surface area contributed by atoms with Crippen molar-refractivity contribution in [3.63, 3.8) is 0 Å². The monoisotopic (exact) mass is 280 g/mol. The SMILES string of the molecule is Cc1ccc(N(C)C(=O)C2(c3ccc(N)cc3)CC2)cc1. The lowest BCUT2D eigenvalue weighted by Gasteiger charge is -2.24. The quantitative estimate of drug-likeness (QED) is 0.877. The van der Waals surface area contributed by atoms with Crippen LogP contribution in [0.2, 0.25) is 0 Å². The Morgan fingerprint density at radius 3 is 2.14 bits per heavy atom. The maximum Gasteiger partial charge on any atom is 0.237 e. The molecule has 21 heavy (non-hydrogen) atoms. The van der Waals surface area contributed by atoms with E-state index in [-0.39, 0.29) is 11.3 Å². The second kappa shape index (κ2) is 4.92. The summed E-state index contributed by atoms with van der Waals surface area (Å²) in [5, 5.41) is 0. The van der Waals surface area contributed by atoms with E-state index in [1.165, 1.54) is 5.56 Å².